The number of nitrogens with zero attached hydrogens (tertiary/aromatic N) is 4. The molecule has 0 aliphatic heterocycles. The highest BCUT2D eigenvalue weighted by molar-refractivity contribution is 6.28. The SMILES string of the molecule is [C-]#[N+]c1ccc(N)cc1OCCN(CCc1nc(Cl)nc2c1CCC2c1ccc(F)cc1)C(=O)OC(C)(C)C. The molecule has 4 rings (SSSR count). The van der Waals surface area contributed by atoms with E-state index in [1.165, 1.54) is 12.1 Å². The van der Waals surface area contributed by atoms with Crippen molar-refractivity contribution in [2.45, 2.75) is 51.6 Å². The van der Waals surface area contributed by atoms with Gasteiger partial charge in [0.15, 0.2) is 0 Å². The Morgan fingerprint density at radius 2 is 1.95 bits per heavy atom. The fourth-order valence-electron chi connectivity index (χ4n) is 4.60. The molecule has 0 saturated heterocycles. The summed E-state index contributed by atoms with van der Waals surface area (Å²) in [6, 6.07) is 11.3. The fraction of sp³-hybridized carbons (Fsp3) is 0.379. The number of rotatable bonds is 8. The Balaban J connectivity index is 1.50. The quantitative estimate of drug-likeness (QED) is 0.199. The summed E-state index contributed by atoms with van der Waals surface area (Å²) in [6.07, 6.45) is 1.53. The third-order valence-electron chi connectivity index (χ3n) is 6.38. The first-order chi connectivity index (χ1) is 18.5. The fourth-order valence-corrected chi connectivity index (χ4v) is 4.79. The lowest BCUT2D eigenvalue weighted by Gasteiger charge is -2.27. The van der Waals surface area contributed by atoms with Crippen LogP contribution in [-0.2, 0) is 17.6 Å². The average Bonchev–Trinajstić information content (AvgIpc) is 3.29. The Morgan fingerprint density at radius 1 is 1.21 bits per heavy atom. The Kier molecular flexibility index (Phi) is 8.56. The second kappa shape index (κ2) is 11.9. The minimum atomic E-state index is -0.677. The van der Waals surface area contributed by atoms with E-state index in [-0.39, 0.29) is 30.2 Å². The highest BCUT2D eigenvalue weighted by atomic mass is 35.5. The zero-order valence-electron chi connectivity index (χ0n) is 22.2. The van der Waals surface area contributed by atoms with Crippen molar-refractivity contribution in [2.24, 2.45) is 0 Å². The van der Waals surface area contributed by atoms with Crippen LogP contribution in [0.4, 0.5) is 20.6 Å². The number of ether oxygens (including phenoxy) is 2. The Morgan fingerprint density at radius 3 is 2.64 bits per heavy atom. The van der Waals surface area contributed by atoms with Crippen molar-refractivity contribution in [3.63, 3.8) is 0 Å². The lowest BCUT2D eigenvalue weighted by atomic mass is 9.96. The van der Waals surface area contributed by atoms with Gasteiger partial charge in [-0.25, -0.2) is 24.0 Å². The summed E-state index contributed by atoms with van der Waals surface area (Å²) in [5.41, 5.74) is 9.60. The number of halogens is 2. The van der Waals surface area contributed by atoms with Gasteiger partial charge < -0.3 is 20.1 Å². The molecule has 2 aromatic carbocycles. The first-order valence-corrected chi connectivity index (χ1v) is 13.1. The molecule has 1 unspecified atom stereocenters. The van der Waals surface area contributed by atoms with Crippen LogP contribution in [0.3, 0.4) is 0 Å². The van der Waals surface area contributed by atoms with E-state index in [0.29, 0.717) is 30.1 Å². The van der Waals surface area contributed by atoms with Crippen molar-refractivity contribution in [3.8, 4) is 5.75 Å². The number of amides is 1. The smallest absolute Gasteiger partial charge is 0.410 e. The number of aromatic nitrogens is 2. The Hall–Kier alpha value is -3.90. The minimum absolute atomic E-state index is 0.00478. The van der Waals surface area contributed by atoms with Gasteiger partial charge in [-0.2, -0.15) is 0 Å². The molecule has 1 amide bonds. The number of carbonyl (C=O) groups is 1. The number of carbonyl (C=O) groups excluding carboxylic acids is 1. The van der Waals surface area contributed by atoms with Crippen LogP contribution in [0.5, 0.6) is 5.75 Å². The summed E-state index contributed by atoms with van der Waals surface area (Å²) in [5.74, 6) is 0.0807. The third kappa shape index (κ3) is 7.15. The number of hydrogen-bond acceptors (Lipinski definition) is 6. The van der Waals surface area contributed by atoms with Crippen LogP contribution in [0.25, 0.3) is 4.85 Å². The second-order valence-corrected chi connectivity index (χ2v) is 10.7. The maximum Gasteiger partial charge on any atom is 0.410 e. The summed E-state index contributed by atoms with van der Waals surface area (Å²) in [6.45, 7) is 13.4. The van der Waals surface area contributed by atoms with Gasteiger partial charge in [-0.3, -0.25) is 0 Å². The van der Waals surface area contributed by atoms with E-state index in [1.807, 2.05) is 0 Å². The zero-order chi connectivity index (χ0) is 28.2. The molecular formula is C29H31ClFN5O3. The minimum Gasteiger partial charge on any atom is -0.503 e. The molecular weight excluding hydrogens is 521 g/mol. The largest absolute Gasteiger partial charge is 0.503 e. The normalized spacial score (nSPS) is 14.4. The summed E-state index contributed by atoms with van der Waals surface area (Å²) in [4.78, 5) is 27.1. The molecule has 0 radical (unpaired) electrons. The molecule has 10 heteroatoms. The van der Waals surface area contributed by atoms with Crippen LogP contribution in [-0.4, -0.2) is 46.3 Å². The summed E-state index contributed by atoms with van der Waals surface area (Å²) in [7, 11) is 0. The van der Waals surface area contributed by atoms with Crippen LogP contribution in [0.15, 0.2) is 42.5 Å². The molecule has 0 spiro atoms. The van der Waals surface area contributed by atoms with Gasteiger partial charge >= 0.3 is 6.09 Å². The van der Waals surface area contributed by atoms with Gasteiger partial charge in [0.25, 0.3) is 0 Å². The van der Waals surface area contributed by atoms with Crippen molar-refractivity contribution in [3.05, 3.63) is 87.5 Å². The van der Waals surface area contributed by atoms with Gasteiger partial charge in [0.2, 0.25) is 11.0 Å². The summed E-state index contributed by atoms with van der Waals surface area (Å²) < 4.78 is 24.9. The van der Waals surface area contributed by atoms with E-state index in [2.05, 4.69) is 14.8 Å². The van der Waals surface area contributed by atoms with Gasteiger partial charge in [-0.05, 0) is 80.6 Å². The van der Waals surface area contributed by atoms with E-state index in [1.54, 1.807) is 56.0 Å². The van der Waals surface area contributed by atoms with Crippen molar-refractivity contribution in [1.29, 1.82) is 0 Å². The first-order valence-electron chi connectivity index (χ1n) is 12.7. The van der Waals surface area contributed by atoms with Crippen LogP contribution < -0.4 is 10.5 Å². The number of hydrogen-bond donors (Lipinski definition) is 1. The number of anilines is 1. The molecule has 3 aromatic rings. The monoisotopic (exact) mass is 551 g/mol. The summed E-state index contributed by atoms with van der Waals surface area (Å²) in [5, 5.41) is 0.137. The van der Waals surface area contributed by atoms with Gasteiger partial charge in [-0.15, -0.1) is 0 Å². The molecule has 204 valence electrons. The van der Waals surface area contributed by atoms with Crippen LogP contribution in [0.1, 0.15) is 55.6 Å². The van der Waals surface area contributed by atoms with Gasteiger partial charge in [0.1, 0.15) is 23.8 Å². The maximum absolute atomic E-state index is 13.5. The predicted octanol–water partition coefficient (Wildman–Crippen LogP) is 6.34. The van der Waals surface area contributed by atoms with Crippen LogP contribution in [0.2, 0.25) is 5.28 Å². The molecule has 1 heterocycles. The lowest BCUT2D eigenvalue weighted by Crippen LogP contribution is -2.40. The number of fused-ring (bicyclic) bond motifs is 1. The van der Waals surface area contributed by atoms with E-state index in [4.69, 9.17) is 33.4 Å². The van der Waals surface area contributed by atoms with E-state index in [9.17, 15) is 9.18 Å². The van der Waals surface area contributed by atoms with Crippen molar-refractivity contribution in [2.75, 3.05) is 25.4 Å². The average molecular weight is 552 g/mol. The van der Waals surface area contributed by atoms with Crippen molar-refractivity contribution < 1.29 is 18.7 Å². The van der Waals surface area contributed by atoms with E-state index < -0.39 is 11.7 Å². The van der Waals surface area contributed by atoms with E-state index in [0.717, 1.165) is 35.4 Å². The molecule has 39 heavy (non-hydrogen) atoms. The molecule has 1 aliphatic rings. The van der Waals surface area contributed by atoms with Crippen molar-refractivity contribution in [1.82, 2.24) is 14.9 Å². The Labute approximate surface area is 232 Å². The molecule has 8 nitrogen and oxygen atoms in total. The molecule has 1 aromatic heterocycles. The van der Waals surface area contributed by atoms with E-state index >= 15 is 0 Å². The standard InChI is InChI=1S/C29H31ClFN5O3/c1-29(2,3)39-28(37)36(15-16-38-25-17-20(32)9-12-24(25)33-4)14-13-23-22-11-10-21(26(22)35-27(30)34-23)18-5-7-19(31)8-6-18/h5-9,12,17,21H,10-11,13-16,32H2,1-3H3. The molecule has 0 saturated carbocycles. The highest BCUT2D eigenvalue weighted by Gasteiger charge is 2.30. The number of benzene rings is 2. The maximum atomic E-state index is 13.5. The molecule has 1 aliphatic carbocycles. The third-order valence-corrected chi connectivity index (χ3v) is 6.55. The summed E-state index contributed by atoms with van der Waals surface area (Å²) >= 11 is 6.32. The molecule has 1 atom stereocenters. The number of nitrogen functional groups attached to an aromatic ring is 1. The lowest BCUT2D eigenvalue weighted by molar-refractivity contribution is 0.0228. The molecule has 2 N–H and O–H groups in total. The van der Waals surface area contributed by atoms with Gasteiger partial charge in [-0.1, -0.05) is 18.2 Å². The predicted molar refractivity (Wildman–Crippen MR) is 148 cm³/mol. The zero-order valence-corrected chi connectivity index (χ0v) is 23.0. The highest BCUT2D eigenvalue weighted by Crippen LogP contribution is 2.38. The topological polar surface area (TPSA) is 94.9 Å². The molecule has 0 bridgehead atoms. The second-order valence-electron chi connectivity index (χ2n) is 10.4. The molecule has 0 fully saturated rings. The Bertz CT molecular complexity index is 1390. The van der Waals surface area contributed by atoms with Gasteiger partial charge in [0.05, 0.1) is 24.5 Å². The van der Waals surface area contributed by atoms with Crippen molar-refractivity contribution >= 4 is 29.1 Å². The number of nitrogens with two attached hydrogens (primary N) is 1. The van der Waals surface area contributed by atoms with Crippen LogP contribution in [0, 0.1) is 12.4 Å². The van der Waals surface area contributed by atoms with Crippen LogP contribution >= 0.6 is 11.6 Å². The van der Waals surface area contributed by atoms with Gasteiger partial charge in [0, 0.05) is 24.6 Å². The first kappa shape index (κ1) is 28.1.